The van der Waals surface area contributed by atoms with Crippen molar-refractivity contribution in [2.75, 3.05) is 40.8 Å². The van der Waals surface area contributed by atoms with Gasteiger partial charge in [0.15, 0.2) is 0 Å². The van der Waals surface area contributed by atoms with Crippen molar-refractivity contribution in [3.63, 3.8) is 0 Å². The van der Waals surface area contributed by atoms with Crippen LogP contribution in [0.15, 0.2) is 0 Å². The molecule has 1 aliphatic carbocycles. The van der Waals surface area contributed by atoms with Gasteiger partial charge in [0.1, 0.15) is 0 Å². The molecule has 1 saturated carbocycles. The molecule has 4 nitrogen and oxygen atoms in total. The van der Waals surface area contributed by atoms with Gasteiger partial charge < -0.3 is 15.1 Å². The molecule has 0 aromatic heterocycles. The molecule has 1 rings (SSSR count). The first-order valence-corrected chi connectivity index (χ1v) is 6.14. The molecule has 0 aromatic carbocycles. The molecule has 4 heteroatoms. The number of hydrogen-bond acceptors (Lipinski definition) is 3. The Morgan fingerprint density at radius 3 is 2.31 bits per heavy atom. The maximum Gasteiger partial charge on any atom is 0.236 e. The fourth-order valence-electron chi connectivity index (χ4n) is 2.08. The van der Waals surface area contributed by atoms with Gasteiger partial charge in [-0.15, -0.1) is 0 Å². The van der Waals surface area contributed by atoms with Gasteiger partial charge in [-0.05, 0) is 40.3 Å². The first-order chi connectivity index (χ1) is 7.52. The number of nitrogens with one attached hydrogen (secondary N) is 1. The molecule has 0 saturated heterocycles. The molecule has 0 aromatic rings. The molecule has 0 radical (unpaired) electrons. The maximum absolute atomic E-state index is 11.6. The fourth-order valence-corrected chi connectivity index (χ4v) is 2.08. The van der Waals surface area contributed by atoms with Crippen LogP contribution in [0.4, 0.5) is 0 Å². The minimum Gasteiger partial charge on any atom is -0.345 e. The zero-order valence-corrected chi connectivity index (χ0v) is 11.0. The lowest BCUT2D eigenvalue weighted by Crippen LogP contribution is -2.57. The molecule has 1 aliphatic rings. The van der Waals surface area contributed by atoms with E-state index in [9.17, 15) is 4.79 Å². The first-order valence-electron chi connectivity index (χ1n) is 6.14. The molecular formula is C12H25N3O. The van der Waals surface area contributed by atoms with Gasteiger partial charge in [-0.25, -0.2) is 0 Å². The number of carbonyl (C=O) groups is 1. The largest absolute Gasteiger partial charge is 0.345 e. The summed E-state index contributed by atoms with van der Waals surface area (Å²) in [7, 11) is 6.09. The van der Waals surface area contributed by atoms with Gasteiger partial charge in [0.2, 0.25) is 5.91 Å². The Labute approximate surface area is 99.0 Å². The minimum absolute atomic E-state index is 0.177. The number of likely N-dealkylation sites (N-methyl/N-ethyl adjacent to an activating group) is 2. The van der Waals surface area contributed by atoms with Crippen molar-refractivity contribution in [2.45, 2.75) is 31.7 Å². The summed E-state index contributed by atoms with van der Waals surface area (Å²) in [6.45, 7) is 4.15. The lowest BCUT2D eigenvalue weighted by atomic mass is 9.75. The van der Waals surface area contributed by atoms with E-state index < -0.39 is 0 Å². The SMILES string of the molecule is CCN(C)C(=O)CNCC1(N(C)C)CCC1. The van der Waals surface area contributed by atoms with Crippen molar-refractivity contribution in [3.8, 4) is 0 Å². The summed E-state index contributed by atoms with van der Waals surface area (Å²) in [5.74, 6) is 0.177. The third-order valence-corrected chi connectivity index (χ3v) is 3.86. The highest BCUT2D eigenvalue weighted by Crippen LogP contribution is 2.35. The lowest BCUT2D eigenvalue weighted by molar-refractivity contribution is -0.128. The van der Waals surface area contributed by atoms with Crippen molar-refractivity contribution < 1.29 is 4.79 Å². The zero-order chi connectivity index (χ0) is 12.2. The summed E-state index contributed by atoms with van der Waals surface area (Å²) in [6, 6.07) is 0. The van der Waals surface area contributed by atoms with E-state index in [1.807, 2.05) is 14.0 Å². The van der Waals surface area contributed by atoms with Gasteiger partial charge in [-0.2, -0.15) is 0 Å². The third-order valence-electron chi connectivity index (χ3n) is 3.86. The van der Waals surface area contributed by atoms with Gasteiger partial charge in [0.05, 0.1) is 6.54 Å². The lowest BCUT2D eigenvalue weighted by Gasteiger charge is -2.47. The van der Waals surface area contributed by atoms with Crippen LogP contribution in [0.2, 0.25) is 0 Å². The summed E-state index contributed by atoms with van der Waals surface area (Å²) in [4.78, 5) is 15.6. The van der Waals surface area contributed by atoms with Crippen molar-refractivity contribution in [3.05, 3.63) is 0 Å². The first kappa shape index (κ1) is 13.5. The molecule has 1 amide bonds. The van der Waals surface area contributed by atoms with Crippen LogP contribution >= 0.6 is 0 Å². The summed E-state index contributed by atoms with van der Waals surface area (Å²) in [5, 5.41) is 3.29. The second kappa shape index (κ2) is 5.64. The maximum atomic E-state index is 11.6. The van der Waals surface area contributed by atoms with Crippen LogP contribution in [-0.4, -0.2) is 62.0 Å². The van der Waals surface area contributed by atoms with Crippen LogP contribution in [0.25, 0.3) is 0 Å². The Bertz CT molecular complexity index is 236. The van der Waals surface area contributed by atoms with Crippen molar-refractivity contribution in [1.82, 2.24) is 15.1 Å². The monoisotopic (exact) mass is 227 g/mol. The van der Waals surface area contributed by atoms with Crippen LogP contribution in [0, 0.1) is 0 Å². The quantitative estimate of drug-likeness (QED) is 0.719. The number of amides is 1. The van der Waals surface area contributed by atoms with E-state index in [-0.39, 0.29) is 5.91 Å². The molecule has 0 unspecified atom stereocenters. The predicted octanol–water partition coefficient (Wildman–Crippen LogP) is 0.539. The molecule has 1 N–H and O–H groups in total. The number of rotatable bonds is 6. The highest BCUT2D eigenvalue weighted by Gasteiger charge is 2.38. The normalized spacial score (nSPS) is 18.3. The molecule has 16 heavy (non-hydrogen) atoms. The van der Waals surface area contributed by atoms with Crippen LogP contribution in [0.3, 0.4) is 0 Å². The number of nitrogens with zero attached hydrogens (tertiary/aromatic N) is 2. The molecule has 0 atom stereocenters. The average Bonchev–Trinajstić information content (AvgIpc) is 2.19. The Balaban J connectivity index is 2.27. The average molecular weight is 227 g/mol. The molecular weight excluding hydrogens is 202 g/mol. The van der Waals surface area contributed by atoms with E-state index in [1.165, 1.54) is 19.3 Å². The van der Waals surface area contributed by atoms with Gasteiger partial charge >= 0.3 is 0 Å². The van der Waals surface area contributed by atoms with E-state index in [1.54, 1.807) is 4.90 Å². The number of carbonyl (C=O) groups excluding carboxylic acids is 1. The van der Waals surface area contributed by atoms with Gasteiger partial charge in [0.25, 0.3) is 0 Å². The standard InChI is InChI=1S/C12H25N3O/c1-5-15(4)11(16)9-13-10-12(14(2)3)7-6-8-12/h13H,5-10H2,1-4H3. The van der Waals surface area contributed by atoms with Crippen molar-refractivity contribution in [2.24, 2.45) is 0 Å². The van der Waals surface area contributed by atoms with Crippen LogP contribution in [0.1, 0.15) is 26.2 Å². The second-order valence-electron chi connectivity index (χ2n) is 4.98. The van der Waals surface area contributed by atoms with Gasteiger partial charge in [-0.3, -0.25) is 4.79 Å². The summed E-state index contributed by atoms with van der Waals surface area (Å²) in [6.07, 6.45) is 3.79. The van der Waals surface area contributed by atoms with E-state index in [0.717, 1.165) is 13.1 Å². The van der Waals surface area contributed by atoms with Crippen LogP contribution in [0.5, 0.6) is 0 Å². The van der Waals surface area contributed by atoms with Crippen LogP contribution in [-0.2, 0) is 4.79 Å². The third kappa shape index (κ3) is 2.95. The van der Waals surface area contributed by atoms with Crippen molar-refractivity contribution >= 4 is 5.91 Å². The second-order valence-corrected chi connectivity index (χ2v) is 4.98. The summed E-state index contributed by atoms with van der Waals surface area (Å²) in [5.41, 5.74) is 0.297. The van der Waals surface area contributed by atoms with E-state index in [2.05, 4.69) is 24.3 Å². The Kier molecular flexibility index (Phi) is 4.74. The van der Waals surface area contributed by atoms with E-state index >= 15 is 0 Å². The molecule has 0 aliphatic heterocycles. The molecule has 0 spiro atoms. The molecule has 0 heterocycles. The van der Waals surface area contributed by atoms with Gasteiger partial charge in [-0.1, -0.05) is 0 Å². The van der Waals surface area contributed by atoms with E-state index in [0.29, 0.717) is 12.1 Å². The summed E-state index contributed by atoms with van der Waals surface area (Å²) >= 11 is 0. The fraction of sp³-hybridized carbons (Fsp3) is 0.917. The topological polar surface area (TPSA) is 35.6 Å². The van der Waals surface area contributed by atoms with Gasteiger partial charge in [0, 0.05) is 25.7 Å². The zero-order valence-electron chi connectivity index (χ0n) is 11.0. The molecule has 94 valence electrons. The van der Waals surface area contributed by atoms with E-state index in [4.69, 9.17) is 0 Å². The smallest absolute Gasteiger partial charge is 0.236 e. The Hall–Kier alpha value is -0.610. The predicted molar refractivity (Wildman–Crippen MR) is 66.4 cm³/mol. The molecule has 0 bridgehead atoms. The molecule has 1 fully saturated rings. The van der Waals surface area contributed by atoms with Crippen molar-refractivity contribution in [1.29, 1.82) is 0 Å². The number of hydrogen-bond donors (Lipinski definition) is 1. The highest BCUT2D eigenvalue weighted by molar-refractivity contribution is 5.77. The summed E-state index contributed by atoms with van der Waals surface area (Å²) < 4.78 is 0. The highest BCUT2D eigenvalue weighted by atomic mass is 16.2. The van der Waals surface area contributed by atoms with Crippen LogP contribution < -0.4 is 5.32 Å². The Morgan fingerprint density at radius 2 is 1.94 bits per heavy atom. The minimum atomic E-state index is 0.177. The Morgan fingerprint density at radius 1 is 1.31 bits per heavy atom.